The highest BCUT2D eigenvalue weighted by Gasteiger charge is 2.33. The fourth-order valence-electron chi connectivity index (χ4n) is 2.06. The van der Waals surface area contributed by atoms with E-state index >= 15 is 0 Å². The second kappa shape index (κ2) is 5.81. The van der Waals surface area contributed by atoms with Crippen LogP contribution >= 0.6 is 0 Å². The van der Waals surface area contributed by atoms with Crippen molar-refractivity contribution in [3.63, 3.8) is 0 Å². The lowest BCUT2D eigenvalue weighted by molar-refractivity contribution is 0.230. The van der Waals surface area contributed by atoms with E-state index in [2.05, 4.69) is 39.9 Å². The van der Waals surface area contributed by atoms with Crippen LogP contribution < -0.4 is 5.32 Å². The van der Waals surface area contributed by atoms with Crippen LogP contribution in [0.1, 0.15) is 47.5 Å². The molecule has 13 heavy (non-hydrogen) atoms. The molecule has 2 unspecified atom stereocenters. The van der Waals surface area contributed by atoms with E-state index in [0.717, 1.165) is 18.4 Å². The summed E-state index contributed by atoms with van der Waals surface area (Å²) >= 11 is 0. The number of hydrogen-bond donors (Lipinski definition) is 1. The van der Waals surface area contributed by atoms with Gasteiger partial charge >= 0.3 is 0 Å². The summed E-state index contributed by atoms with van der Waals surface area (Å²) in [5, 5.41) is 4.18. The van der Waals surface area contributed by atoms with Crippen molar-refractivity contribution in [2.75, 3.05) is 6.54 Å². The molecule has 80 valence electrons. The Bertz CT molecular complexity index is 126. The van der Waals surface area contributed by atoms with Crippen LogP contribution in [-0.4, -0.2) is 21.9 Å². The van der Waals surface area contributed by atoms with Crippen molar-refractivity contribution < 1.29 is 0 Å². The lowest BCUT2D eigenvalue weighted by atomic mass is 9.86. The Morgan fingerprint density at radius 1 is 1.08 bits per heavy atom. The van der Waals surface area contributed by atoms with E-state index in [9.17, 15) is 0 Å². The summed E-state index contributed by atoms with van der Waals surface area (Å²) in [6.45, 7) is 12.7. The van der Waals surface area contributed by atoms with Crippen molar-refractivity contribution >= 4 is 10.2 Å². The molecule has 0 radical (unpaired) electrons. The highest BCUT2D eigenvalue weighted by molar-refractivity contribution is 6.15. The molecular weight excluding hydrogens is 174 g/mol. The first-order chi connectivity index (χ1) is 6.02. The van der Waals surface area contributed by atoms with Crippen molar-refractivity contribution in [1.29, 1.82) is 0 Å². The van der Waals surface area contributed by atoms with Crippen molar-refractivity contribution in [3.05, 3.63) is 0 Å². The average Bonchev–Trinajstić information content (AvgIpc) is 2.15. The zero-order valence-corrected chi connectivity index (χ0v) is 12.3. The fraction of sp³-hybridized carbons (Fsp3) is 1.00. The summed E-state index contributed by atoms with van der Waals surface area (Å²) in [7, 11) is 1.25. The van der Waals surface area contributed by atoms with E-state index in [-0.39, 0.29) is 0 Å². The normalized spacial score (nSPS) is 21.0. The third-order valence-electron chi connectivity index (χ3n) is 3.83. The Hall–Kier alpha value is 0.177. The molecule has 0 bridgehead atoms. The number of rotatable bonds is 6. The highest BCUT2D eigenvalue weighted by Crippen LogP contribution is 2.27. The third-order valence-corrected chi connectivity index (χ3v) is 6.15. The number of nitrogens with one attached hydrogen (secondary N) is 1. The molecule has 0 aliphatic rings. The molecule has 0 aromatic heterocycles. The van der Waals surface area contributed by atoms with Gasteiger partial charge in [-0.3, -0.25) is 0 Å². The van der Waals surface area contributed by atoms with Crippen LogP contribution in [0.2, 0.25) is 0 Å². The molecule has 0 aromatic rings. The maximum atomic E-state index is 3.72. The minimum absolute atomic E-state index is 0.457. The van der Waals surface area contributed by atoms with Gasteiger partial charge in [-0.1, -0.05) is 47.5 Å². The van der Waals surface area contributed by atoms with Gasteiger partial charge in [0.05, 0.1) is 0 Å². The second-order valence-corrected chi connectivity index (χ2v) is 6.09. The van der Waals surface area contributed by atoms with Gasteiger partial charge in [-0.05, 0) is 18.4 Å². The summed E-state index contributed by atoms with van der Waals surface area (Å²) in [5.41, 5.74) is 0. The van der Waals surface area contributed by atoms with Gasteiger partial charge in [0.2, 0.25) is 0 Å². The molecule has 0 amide bonds. The minimum atomic E-state index is 0.457. The van der Waals surface area contributed by atoms with Crippen LogP contribution in [0.15, 0.2) is 0 Å². The van der Waals surface area contributed by atoms with Gasteiger partial charge in [0, 0.05) is 15.4 Å². The molecule has 0 heterocycles. The molecule has 0 saturated carbocycles. The van der Waals surface area contributed by atoms with Crippen molar-refractivity contribution in [2.45, 2.75) is 52.6 Å². The lowest BCUT2D eigenvalue weighted by Crippen LogP contribution is -2.55. The molecule has 0 aliphatic heterocycles. The average molecular weight is 201 g/mol. The monoisotopic (exact) mass is 201 g/mol. The van der Waals surface area contributed by atoms with E-state index in [1.165, 1.54) is 23.1 Å². The van der Waals surface area contributed by atoms with Crippen LogP contribution in [0, 0.1) is 11.8 Å². The Labute approximate surface area is 87.1 Å². The summed E-state index contributed by atoms with van der Waals surface area (Å²) in [4.78, 5) is 0. The van der Waals surface area contributed by atoms with Gasteiger partial charge in [-0.2, -0.15) is 0 Å². The van der Waals surface area contributed by atoms with Crippen molar-refractivity contribution in [1.82, 2.24) is 5.32 Å². The van der Waals surface area contributed by atoms with Crippen molar-refractivity contribution in [3.8, 4) is 0 Å². The molecular formula is C11H27NSi. The summed E-state index contributed by atoms with van der Waals surface area (Å²) in [6.07, 6.45) is 2.58. The molecule has 1 nitrogen and oxygen atoms in total. The maximum Gasteiger partial charge on any atom is 0.0287 e. The molecule has 1 N–H and O–H groups in total. The highest BCUT2D eigenvalue weighted by atomic mass is 28.1. The van der Waals surface area contributed by atoms with Crippen molar-refractivity contribution in [2.24, 2.45) is 11.8 Å². The van der Waals surface area contributed by atoms with Crippen LogP contribution in [0.5, 0.6) is 0 Å². The maximum absolute atomic E-state index is 3.72. The molecule has 0 fully saturated rings. The first-order valence-corrected chi connectivity index (χ1v) is 6.77. The molecule has 2 atom stereocenters. The predicted octanol–water partition coefficient (Wildman–Crippen LogP) is 1.75. The first kappa shape index (κ1) is 13.2. The van der Waals surface area contributed by atoms with Crippen LogP contribution in [0.3, 0.4) is 0 Å². The van der Waals surface area contributed by atoms with Gasteiger partial charge in [-0.15, -0.1) is 0 Å². The molecule has 0 saturated heterocycles. The van der Waals surface area contributed by atoms with Crippen LogP contribution in [-0.2, 0) is 0 Å². The van der Waals surface area contributed by atoms with E-state index in [1.807, 2.05) is 0 Å². The van der Waals surface area contributed by atoms with E-state index < -0.39 is 0 Å². The first-order valence-electron chi connectivity index (χ1n) is 5.77. The molecule has 0 rings (SSSR count). The Kier molecular flexibility index (Phi) is 5.89. The Balaban J connectivity index is 4.50. The Morgan fingerprint density at radius 2 is 1.46 bits per heavy atom. The Morgan fingerprint density at radius 3 is 1.69 bits per heavy atom. The fourth-order valence-corrected chi connectivity index (χ4v) is 3.23. The topological polar surface area (TPSA) is 12.0 Å². The van der Waals surface area contributed by atoms with Crippen LogP contribution in [0.4, 0.5) is 0 Å². The van der Waals surface area contributed by atoms with Gasteiger partial charge in [0.15, 0.2) is 0 Å². The summed E-state index contributed by atoms with van der Waals surface area (Å²) in [6, 6.07) is 0. The predicted molar refractivity (Wildman–Crippen MR) is 65.3 cm³/mol. The molecule has 2 heteroatoms. The molecule has 0 spiro atoms. The molecule has 0 aliphatic carbocycles. The van der Waals surface area contributed by atoms with E-state index in [1.54, 1.807) is 0 Å². The third kappa shape index (κ3) is 3.10. The second-order valence-electron chi connectivity index (χ2n) is 4.43. The SMILES string of the molecule is CCNC([SiH3])(C(C)CC)C(C)CC. The minimum Gasteiger partial charge on any atom is -0.315 e. The smallest absolute Gasteiger partial charge is 0.0287 e. The van der Waals surface area contributed by atoms with Crippen LogP contribution in [0.25, 0.3) is 0 Å². The van der Waals surface area contributed by atoms with Gasteiger partial charge in [-0.25, -0.2) is 0 Å². The van der Waals surface area contributed by atoms with Gasteiger partial charge < -0.3 is 5.32 Å². The standard InChI is InChI=1S/C11H27NSi/c1-6-9(4)11(13,12-8-3)10(5)7-2/h9-10,12H,6-8H2,1-5,13H3. The van der Waals surface area contributed by atoms with Gasteiger partial charge in [0.1, 0.15) is 0 Å². The zero-order valence-electron chi connectivity index (χ0n) is 10.3. The summed E-state index contributed by atoms with van der Waals surface area (Å²) in [5.74, 6) is 1.63. The number of hydrogen-bond acceptors (Lipinski definition) is 1. The largest absolute Gasteiger partial charge is 0.315 e. The van der Waals surface area contributed by atoms with E-state index in [0.29, 0.717) is 5.16 Å². The quantitative estimate of drug-likeness (QED) is 0.646. The summed E-state index contributed by atoms with van der Waals surface area (Å²) < 4.78 is 0. The van der Waals surface area contributed by atoms with E-state index in [4.69, 9.17) is 0 Å². The lowest BCUT2D eigenvalue weighted by Gasteiger charge is -2.41. The van der Waals surface area contributed by atoms with Gasteiger partial charge in [0.25, 0.3) is 0 Å². The molecule has 0 aromatic carbocycles. The zero-order chi connectivity index (χ0) is 10.5.